The van der Waals surface area contributed by atoms with Gasteiger partial charge in [-0.2, -0.15) is 0 Å². The van der Waals surface area contributed by atoms with E-state index in [4.69, 9.17) is 4.74 Å². The van der Waals surface area contributed by atoms with Crippen molar-refractivity contribution in [3.8, 4) is 0 Å². The Hall–Kier alpha value is -0.560. The van der Waals surface area contributed by atoms with Crippen LogP contribution in [-0.4, -0.2) is 12.2 Å². The fourth-order valence-electron chi connectivity index (χ4n) is 4.06. The average molecular weight is 232 g/mol. The van der Waals surface area contributed by atoms with Crippen molar-refractivity contribution in [3.05, 3.63) is 23.8 Å². The molecule has 2 aliphatic carbocycles. The van der Waals surface area contributed by atoms with E-state index in [0.717, 1.165) is 5.92 Å². The van der Waals surface area contributed by atoms with Crippen LogP contribution in [0.3, 0.4) is 0 Å². The second-order valence-electron chi connectivity index (χ2n) is 6.07. The van der Waals surface area contributed by atoms with Gasteiger partial charge < -0.3 is 4.74 Å². The smallest absolute Gasteiger partial charge is 0.0849 e. The zero-order valence-electron chi connectivity index (χ0n) is 11.0. The normalized spacial score (nSPS) is 41.1. The molecule has 0 aromatic rings. The van der Waals surface area contributed by atoms with Crippen LogP contribution in [0.2, 0.25) is 0 Å². The summed E-state index contributed by atoms with van der Waals surface area (Å²) in [6.07, 6.45) is 12.6. The van der Waals surface area contributed by atoms with E-state index >= 15 is 0 Å². The van der Waals surface area contributed by atoms with E-state index in [1.807, 2.05) is 0 Å². The van der Waals surface area contributed by atoms with E-state index in [1.54, 1.807) is 5.57 Å². The van der Waals surface area contributed by atoms with Crippen molar-refractivity contribution in [2.24, 2.45) is 11.8 Å². The molecular weight excluding hydrogens is 208 g/mol. The zero-order chi connectivity index (χ0) is 11.8. The van der Waals surface area contributed by atoms with Crippen molar-refractivity contribution in [2.75, 3.05) is 0 Å². The molecule has 1 heterocycles. The van der Waals surface area contributed by atoms with Gasteiger partial charge in [-0.05, 0) is 39.0 Å². The Labute approximate surface area is 105 Å². The Morgan fingerprint density at radius 1 is 1.18 bits per heavy atom. The summed E-state index contributed by atoms with van der Waals surface area (Å²) in [6, 6.07) is 0. The first-order valence-corrected chi connectivity index (χ1v) is 7.28. The van der Waals surface area contributed by atoms with E-state index in [2.05, 4.69) is 19.6 Å². The summed E-state index contributed by atoms with van der Waals surface area (Å²) in [5, 5.41) is 0. The van der Waals surface area contributed by atoms with Crippen molar-refractivity contribution in [2.45, 2.75) is 64.1 Å². The van der Waals surface area contributed by atoms with Gasteiger partial charge in [0.25, 0.3) is 0 Å². The van der Waals surface area contributed by atoms with Crippen LogP contribution in [0.1, 0.15) is 51.9 Å². The molecule has 3 rings (SSSR count). The van der Waals surface area contributed by atoms with E-state index in [0.29, 0.717) is 18.1 Å². The Morgan fingerprint density at radius 2 is 1.94 bits per heavy atom. The SMILES string of the molecule is C=C(C)[C@@H]1O[C@@H]2CCCC[C@@H]2C2=CCCC[C@H]21. The molecule has 0 amide bonds. The van der Waals surface area contributed by atoms with Gasteiger partial charge in [0.05, 0.1) is 12.2 Å². The fraction of sp³-hybridized carbons (Fsp3) is 0.750. The van der Waals surface area contributed by atoms with E-state index < -0.39 is 0 Å². The van der Waals surface area contributed by atoms with Crippen LogP contribution < -0.4 is 0 Å². The van der Waals surface area contributed by atoms with Crippen LogP contribution in [-0.2, 0) is 4.74 Å². The number of fused-ring (bicyclic) bond motifs is 3. The summed E-state index contributed by atoms with van der Waals surface area (Å²) >= 11 is 0. The standard InChI is InChI=1S/C16H24O/c1-11(2)16-14-9-4-3-7-12(14)13-8-5-6-10-15(13)17-16/h7,13-16H,1,3-6,8-10H2,2H3/t13-,14-,15-,16+/m1/s1. The van der Waals surface area contributed by atoms with Crippen molar-refractivity contribution in [1.29, 1.82) is 0 Å². The highest BCUT2D eigenvalue weighted by Gasteiger charge is 2.42. The topological polar surface area (TPSA) is 9.23 Å². The first-order chi connectivity index (χ1) is 8.27. The molecule has 17 heavy (non-hydrogen) atoms. The quantitative estimate of drug-likeness (QED) is 0.614. The van der Waals surface area contributed by atoms with Crippen LogP contribution in [0.5, 0.6) is 0 Å². The molecule has 2 fully saturated rings. The molecule has 0 unspecified atom stereocenters. The van der Waals surface area contributed by atoms with Gasteiger partial charge in [0.2, 0.25) is 0 Å². The lowest BCUT2D eigenvalue weighted by Gasteiger charge is -2.47. The van der Waals surface area contributed by atoms with Crippen molar-refractivity contribution < 1.29 is 4.74 Å². The highest BCUT2D eigenvalue weighted by molar-refractivity contribution is 5.24. The molecule has 1 nitrogen and oxygen atoms in total. The highest BCUT2D eigenvalue weighted by Crippen LogP contribution is 2.47. The summed E-state index contributed by atoms with van der Waals surface area (Å²) < 4.78 is 6.38. The monoisotopic (exact) mass is 232 g/mol. The minimum absolute atomic E-state index is 0.306. The number of rotatable bonds is 1. The van der Waals surface area contributed by atoms with E-state index in [9.17, 15) is 0 Å². The summed E-state index contributed by atoms with van der Waals surface area (Å²) in [4.78, 5) is 0. The first kappa shape index (κ1) is 11.5. The predicted octanol–water partition coefficient (Wildman–Crippen LogP) is 4.25. The molecule has 0 aromatic carbocycles. The molecule has 0 radical (unpaired) electrons. The Balaban J connectivity index is 1.90. The summed E-state index contributed by atoms with van der Waals surface area (Å²) in [5.74, 6) is 1.39. The van der Waals surface area contributed by atoms with Crippen LogP contribution in [0, 0.1) is 11.8 Å². The molecule has 1 saturated carbocycles. The highest BCUT2D eigenvalue weighted by atomic mass is 16.5. The minimum atomic E-state index is 0.306. The molecule has 0 aromatic heterocycles. The van der Waals surface area contributed by atoms with E-state index in [-0.39, 0.29) is 0 Å². The lowest BCUT2D eigenvalue weighted by molar-refractivity contribution is -0.0871. The molecular formula is C16H24O. The predicted molar refractivity (Wildman–Crippen MR) is 70.9 cm³/mol. The summed E-state index contributed by atoms with van der Waals surface area (Å²) in [7, 11) is 0. The van der Waals surface area contributed by atoms with Crippen LogP contribution in [0.25, 0.3) is 0 Å². The van der Waals surface area contributed by atoms with Gasteiger partial charge in [0, 0.05) is 11.8 Å². The van der Waals surface area contributed by atoms with Gasteiger partial charge in [0.15, 0.2) is 0 Å². The molecule has 0 N–H and O–H groups in total. The second kappa shape index (κ2) is 4.61. The number of allylic oxidation sites excluding steroid dienone is 1. The van der Waals surface area contributed by atoms with E-state index in [1.165, 1.54) is 50.5 Å². The van der Waals surface area contributed by atoms with Gasteiger partial charge in [-0.25, -0.2) is 0 Å². The van der Waals surface area contributed by atoms with Gasteiger partial charge in [-0.15, -0.1) is 0 Å². The maximum absolute atomic E-state index is 6.38. The van der Waals surface area contributed by atoms with Crippen LogP contribution >= 0.6 is 0 Å². The maximum Gasteiger partial charge on any atom is 0.0849 e. The summed E-state index contributed by atoms with van der Waals surface area (Å²) in [6.45, 7) is 6.29. The lowest BCUT2D eigenvalue weighted by Crippen LogP contribution is -2.45. The van der Waals surface area contributed by atoms with Crippen molar-refractivity contribution in [1.82, 2.24) is 0 Å². The average Bonchev–Trinajstić information content (AvgIpc) is 2.37. The number of hydrogen-bond donors (Lipinski definition) is 0. The largest absolute Gasteiger partial charge is 0.369 e. The minimum Gasteiger partial charge on any atom is -0.369 e. The molecule has 1 aliphatic heterocycles. The fourth-order valence-corrected chi connectivity index (χ4v) is 4.06. The summed E-state index contributed by atoms with van der Waals surface area (Å²) in [5.41, 5.74) is 2.96. The number of ether oxygens (including phenoxy) is 1. The Kier molecular flexibility index (Phi) is 3.12. The third-order valence-electron chi connectivity index (χ3n) is 4.83. The second-order valence-corrected chi connectivity index (χ2v) is 6.07. The van der Waals surface area contributed by atoms with Crippen molar-refractivity contribution in [3.63, 3.8) is 0 Å². The van der Waals surface area contributed by atoms with Gasteiger partial charge >= 0.3 is 0 Å². The molecule has 0 spiro atoms. The molecule has 1 saturated heterocycles. The first-order valence-electron chi connectivity index (χ1n) is 7.28. The van der Waals surface area contributed by atoms with Gasteiger partial charge in [-0.3, -0.25) is 0 Å². The maximum atomic E-state index is 6.38. The molecule has 3 aliphatic rings. The number of hydrogen-bond acceptors (Lipinski definition) is 1. The molecule has 1 heteroatoms. The van der Waals surface area contributed by atoms with Crippen molar-refractivity contribution >= 4 is 0 Å². The lowest BCUT2D eigenvalue weighted by atomic mass is 9.68. The molecule has 0 bridgehead atoms. The van der Waals surface area contributed by atoms with Crippen LogP contribution in [0.15, 0.2) is 23.8 Å². The molecule has 94 valence electrons. The Morgan fingerprint density at radius 3 is 2.76 bits per heavy atom. The van der Waals surface area contributed by atoms with Crippen LogP contribution in [0.4, 0.5) is 0 Å². The molecule has 4 atom stereocenters. The third kappa shape index (κ3) is 1.99. The third-order valence-corrected chi connectivity index (χ3v) is 4.83. The van der Waals surface area contributed by atoms with Gasteiger partial charge in [0.1, 0.15) is 0 Å². The Bertz CT molecular complexity index is 341. The van der Waals surface area contributed by atoms with Gasteiger partial charge in [-0.1, -0.05) is 36.6 Å². The zero-order valence-corrected chi connectivity index (χ0v) is 11.0.